The van der Waals surface area contributed by atoms with Gasteiger partial charge in [-0.05, 0) is 47.1 Å². The topological polar surface area (TPSA) is 3.24 Å². The third kappa shape index (κ3) is 1.78. The maximum absolute atomic E-state index is 3.66. The zero-order valence-corrected chi connectivity index (χ0v) is 11.9. The van der Waals surface area contributed by atoms with E-state index >= 15 is 0 Å². The summed E-state index contributed by atoms with van der Waals surface area (Å²) in [7, 11) is 0. The molecule has 1 aliphatic rings. The van der Waals surface area contributed by atoms with E-state index in [2.05, 4.69) is 70.2 Å². The highest BCUT2D eigenvalue weighted by Crippen LogP contribution is 2.50. The largest absolute Gasteiger partial charge is 0.339 e. The molecular weight excluding hydrogens is 294 g/mol. The van der Waals surface area contributed by atoms with Crippen LogP contribution in [-0.4, -0.2) is 6.54 Å². The number of benzene rings is 2. The molecule has 0 spiro atoms. The highest BCUT2D eigenvalue weighted by atomic mass is 79.9. The van der Waals surface area contributed by atoms with E-state index in [0.717, 1.165) is 6.54 Å². The van der Waals surface area contributed by atoms with Crippen molar-refractivity contribution >= 4 is 39.1 Å². The van der Waals surface area contributed by atoms with Crippen molar-refractivity contribution in [2.75, 3.05) is 11.4 Å². The van der Waals surface area contributed by atoms with E-state index in [4.69, 9.17) is 0 Å². The lowest BCUT2D eigenvalue weighted by Crippen LogP contribution is -2.20. The fourth-order valence-electron chi connectivity index (χ4n) is 2.17. The van der Waals surface area contributed by atoms with Crippen LogP contribution in [0, 0.1) is 0 Å². The third-order valence-electron chi connectivity index (χ3n) is 2.91. The van der Waals surface area contributed by atoms with Crippen LogP contribution in [0.25, 0.3) is 0 Å². The summed E-state index contributed by atoms with van der Waals surface area (Å²) >= 11 is 5.50. The molecule has 1 aliphatic heterocycles. The van der Waals surface area contributed by atoms with Gasteiger partial charge in [0, 0.05) is 20.8 Å². The van der Waals surface area contributed by atoms with Gasteiger partial charge in [0.05, 0.1) is 11.4 Å². The molecule has 0 N–H and O–H groups in total. The zero-order chi connectivity index (χ0) is 11.8. The maximum Gasteiger partial charge on any atom is 0.0697 e. The second-order valence-electron chi connectivity index (χ2n) is 3.90. The quantitative estimate of drug-likeness (QED) is 0.723. The van der Waals surface area contributed by atoms with E-state index in [1.807, 2.05) is 11.8 Å². The molecule has 0 radical (unpaired) electrons. The lowest BCUT2D eigenvalue weighted by atomic mass is 10.2. The molecule has 0 fully saturated rings. The molecule has 86 valence electrons. The molecule has 3 heteroatoms. The number of para-hydroxylation sites is 2. The van der Waals surface area contributed by atoms with Crippen molar-refractivity contribution in [2.45, 2.75) is 16.7 Å². The first kappa shape index (κ1) is 11.2. The van der Waals surface area contributed by atoms with Gasteiger partial charge in [0.25, 0.3) is 0 Å². The van der Waals surface area contributed by atoms with Crippen molar-refractivity contribution in [1.82, 2.24) is 0 Å². The number of hydrogen-bond acceptors (Lipinski definition) is 2. The Morgan fingerprint density at radius 2 is 1.82 bits per heavy atom. The van der Waals surface area contributed by atoms with Gasteiger partial charge in [-0.3, -0.25) is 0 Å². The molecule has 0 amide bonds. The molecule has 0 unspecified atom stereocenters. The maximum atomic E-state index is 3.66. The zero-order valence-electron chi connectivity index (χ0n) is 9.48. The summed E-state index contributed by atoms with van der Waals surface area (Å²) in [6, 6.07) is 15.0. The van der Waals surface area contributed by atoms with Gasteiger partial charge < -0.3 is 4.90 Å². The summed E-state index contributed by atoms with van der Waals surface area (Å²) in [6.45, 7) is 3.17. The summed E-state index contributed by atoms with van der Waals surface area (Å²) in [5.74, 6) is 0. The van der Waals surface area contributed by atoms with Gasteiger partial charge in [0.1, 0.15) is 0 Å². The predicted octanol–water partition coefficient (Wildman–Crippen LogP) is 5.07. The van der Waals surface area contributed by atoms with Crippen LogP contribution in [-0.2, 0) is 0 Å². The average Bonchev–Trinajstić information content (AvgIpc) is 2.36. The summed E-state index contributed by atoms with van der Waals surface area (Å²) < 4.78 is 1.17. The van der Waals surface area contributed by atoms with Gasteiger partial charge in [-0.15, -0.1) is 0 Å². The van der Waals surface area contributed by atoms with Crippen LogP contribution in [0.2, 0.25) is 0 Å². The Morgan fingerprint density at radius 1 is 1.06 bits per heavy atom. The van der Waals surface area contributed by atoms with E-state index in [-0.39, 0.29) is 0 Å². The van der Waals surface area contributed by atoms with Crippen LogP contribution in [0.5, 0.6) is 0 Å². The smallest absolute Gasteiger partial charge is 0.0697 e. The molecule has 1 nitrogen and oxygen atoms in total. The Bertz CT molecular complexity index is 568. The monoisotopic (exact) mass is 305 g/mol. The molecule has 3 rings (SSSR count). The van der Waals surface area contributed by atoms with Gasteiger partial charge >= 0.3 is 0 Å². The lowest BCUT2D eigenvalue weighted by molar-refractivity contribution is 0.975. The summed E-state index contributed by atoms with van der Waals surface area (Å²) in [5.41, 5.74) is 2.60. The van der Waals surface area contributed by atoms with Crippen LogP contribution in [0.4, 0.5) is 11.4 Å². The molecule has 0 aliphatic carbocycles. The molecule has 0 aromatic heterocycles. The number of halogens is 1. The van der Waals surface area contributed by atoms with Crippen LogP contribution >= 0.6 is 27.7 Å². The molecule has 17 heavy (non-hydrogen) atoms. The Morgan fingerprint density at radius 3 is 2.65 bits per heavy atom. The number of nitrogens with zero attached hydrogens (tertiary/aromatic N) is 1. The van der Waals surface area contributed by atoms with Crippen molar-refractivity contribution < 1.29 is 0 Å². The van der Waals surface area contributed by atoms with Crippen LogP contribution in [0.3, 0.4) is 0 Å². The second kappa shape index (κ2) is 4.39. The molecule has 1 heterocycles. The first-order valence-corrected chi connectivity index (χ1v) is 7.25. The highest BCUT2D eigenvalue weighted by molar-refractivity contribution is 9.10. The van der Waals surface area contributed by atoms with Crippen molar-refractivity contribution in [3.8, 4) is 0 Å². The summed E-state index contributed by atoms with van der Waals surface area (Å²) in [5, 5.41) is 0. The minimum absolute atomic E-state index is 0.979. The Kier molecular flexibility index (Phi) is 2.89. The van der Waals surface area contributed by atoms with Crippen molar-refractivity contribution in [1.29, 1.82) is 0 Å². The molecule has 0 saturated carbocycles. The Balaban J connectivity index is 2.23. The van der Waals surface area contributed by atoms with Crippen molar-refractivity contribution in [3.05, 3.63) is 46.9 Å². The number of rotatable bonds is 1. The lowest BCUT2D eigenvalue weighted by Gasteiger charge is -2.32. The molecule has 2 aromatic rings. The van der Waals surface area contributed by atoms with Gasteiger partial charge in [0.15, 0.2) is 0 Å². The molecule has 0 saturated heterocycles. The molecular formula is C14H12BrNS. The minimum Gasteiger partial charge on any atom is -0.339 e. The van der Waals surface area contributed by atoms with Gasteiger partial charge in [-0.25, -0.2) is 0 Å². The fourth-order valence-corrected chi connectivity index (χ4v) is 4.01. The Labute approximate surface area is 114 Å². The highest BCUT2D eigenvalue weighted by Gasteiger charge is 2.23. The van der Waals surface area contributed by atoms with E-state index < -0.39 is 0 Å². The number of anilines is 2. The van der Waals surface area contributed by atoms with E-state index in [0.29, 0.717) is 0 Å². The van der Waals surface area contributed by atoms with Gasteiger partial charge in [-0.2, -0.15) is 0 Å². The first-order valence-electron chi connectivity index (χ1n) is 5.64. The standard InChI is InChI=1S/C14H12BrNS/c1-2-16-11-7-3-4-8-12(11)17-13-9-5-6-10(15)14(13)16/h3-9H,2H2,1H3. The number of hydrogen-bond donors (Lipinski definition) is 0. The minimum atomic E-state index is 0.979. The van der Waals surface area contributed by atoms with Crippen molar-refractivity contribution in [2.24, 2.45) is 0 Å². The van der Waals surface area contributed by atoms with Crippen LogP contribution < -0.4 is 4.90 Å². The fraction of sp³-hybridized carbons (Fsp3) is 0.143. The van der Waals surface area contributed by atoms with Crippen LogP contribution in [0.15, 0.2) is 56.7 Å². The molecule has 0 bridgehead atoms. The van der Waals surface area contributed by atoms with Crippen molar-refractivity contribution in [3.63, 3.8) is 0 Å². The van der Waals surface area contributed by atoms with E-state index in [1.54, 1.807) is 0 Å². The van der Waals surface area contributed by atoms with Crippen LogP contribution in [0.1, 0.15) is 6.92 Å². The first-order chi connectivity index (χ1) is 8.31. The normalized spacial score (nSPS) is 13.2. The number of fused-ring (bicyclic) bond motifs is 2. The summed E-state index contributed by atoms with van der Waals surface area (Å²) in [4.78, 5) is 5.02. The van der Waals surface area contributed by atoms with Gasteiger partial charge in [0.2, 0.25) is 0 Å². The van der Waals surface area contributed by atoms with E-state index in [1.165, 1.54) is 25.6 Å². The Hall–Kier alpha value is -0.930. The third-order valence-corrected chi connectivity index (χ3v) is 4.67. The SMILES string of the molecule is CCN1c2ccccc2Sc2cccc(Br)c21. The average molecular weight is 306 g/mol. The molecule has 2 aromatic carbocycles. The van der Waals surface area contributed by atoms with Gasteiger partial charge in [-0.1, -0.05) is 30.0 Å². The summed E-state index contributed by atoms with van der Waals surface area (Å²) in [6.07, 6.45) is 0. The predicted molar refractivity (Wildman–Crippen MR) is 77.4 cm³/mol. The molecule has 0 atom stereocenters. The second-order valence-corrected chi connectivity index (χ2v) is 5.84. The van der Waals surface area contributed by atoms with E-state index in [9.17, 15) is 0 Å².